The van der Waals surface area contributed by atoms with Gasteiger partial charge in [-0.05, 0) is 44.7 Å². The van der Waals surface area contributed by atoms with Crippen LogP contribution >= 0.6 is 0 Å². The molecule has 2 heterocycles. The van der Waals surface area contributed by atoms with E-state index in [1.165, 1.54) is 18.5 Å². The zero-order valence-electron chi connectivity index (χ0n) is 11.0. The van der Waals surface area contributed by atoms with Gasteiger partial charge >= 0.3 is 0 Å². The number of pyridine rings is 1. The van der Waals surface area contributed by atoms with Crippen LogP contribution in [0.2, 0.25) is 0 Å². The Bertz CT molecular complexity index is 364. The van der Waals surface area contributed by atoms with E-state index in [1.807, 2.05) is 19.2 Å². The maximum Gasteiger partial charge on any atom is 0.0569 e. The predicted molar refractivity (Wildman–Crippen MR) is 73.5 cm³/mol. The summed E-state index contributed by atoms with van der Waals surface area (Å²) in [5.41, 5.74) is 7.92. The van der Waals surface area contributed by atoms with Crippen LogP contribution in [-0.2, 0) is 0 Å². The number of aliphatic hydroxyl groups is 1. The monoisotopic (exact) mass is 249 g/mol. The van der Waals surface area contributed by atoms with E-state index >= 15 is 0 Å². The first-order valence-electron chi connectivity index (χ1n) is 6.81. The first-order chi connectivity index (χ1) is 8.72. The average Bonchev–Trinajstić information content (AvgIpc) is 2.84. The summed E-state index contributed by atoms with van der Waals surface area (Å²) in [4.78, 5) is 6.83. The highest BCUT2D eigenvalue weighted by Gasteiger charge is 2.24. The number of hydrogen-bond acceptors (Lipinski definition) is 4. The van der Waals surface area contributed by atoms with Gasteiger partial charge in [-0.15, -0.1) is 0 Å². The van der Waals surface area contributed by atoms with Crippen LogP contribution in [0.15, 0.2) is 18.3 Å². The molecule has 0 radical (unpaired) electrons. The lowest BCUT2D eigenvalue weighted by Gasteiger charge is -2.26. The summed E-state index contributed by atoms with van der Waals surface area (Å²) >= 11 is 0. The van der Waals surface area contributed by atoms with Crippen molar-refractivity contribution in [1.82, 2.24) is 4.98 Å². The zero-order valence-corrected chi connectivity index (χ0v) is 11.0. The van der Waals surface area contributed by atoms with Crippen LogP contribution in [0, 0.1) is 0 Å². The smallest absolute Gasteiger partial charge is 0.0569 e. The van der Waals surface area contributed by atoms with Crippen molar-refractivity contribution >= 4 is 5.69 Å². The van der Waals surface area contributed by atoms with Gasteiger partial charge in [0.25, 0.3) is 0 Å². The maximum absolute atomic E-state index is 8.94. The van der Waals surface area contributed by atoms with Gasteiger partial charge in [-0.25, -0.2) is 0 Å². The lowest BCUT2D eigenvalue weighted by atomic mass is 10.1. The zero-order chi connectivity index (χ0) is 13.0. The van der Waals surface area contributed by atoms with Gasteiger partial charge in [0, 0.05) is 25.2 Å². The predicted octanol–water partition coefficient (Wildman–Crippen LogP) is 1.84. The minimum absolute atomic E-state index is 0.0113. The first kappa shape index (κ1) is 13.3. The lowest BCUT2D eigenvalue weighted by Crippen LogP contribution is -2.29. The molecular weight excluding hydrogens is 226 g/mol. The van der Waals surface area contributed by atoms with E-state index in [-0.39, 0.29) is 12.6 Å². The second-order valence-electron chi connectivity index (χ2n) is 5.09. The van der Waals surface area contributed by atoms with Gasteiger partial charge in [0.1, 0.15) is 0 Å². The minimum atomic E-state index is -0.0113. The summed E-state index contributed by atoms with van der Waals surface area (Å²) < 4.78 is 0. The van der Waals surface area contributed by atoms with E-state index in [0.717, 1.165) is 25.1 Å². The van der Waals surface area contributed by atoms with Crippen LogP contribution in [0.3, 0.4) is 0 Å². The Kier molecular flexibility index (Phi) is 4.55. The Labute approximate surface area is 109 Å². The maximum atomic E-state index is 8.94. The van der Waals surface area contributed by atoms with E-state index in [9.17, 15) is 0 Å². The second-order valence-corrected chi connectivity index (χ2v) is 5.09. The molecule has 1 fully saturated rings. The van der Waals surface area contributed by atoms with Crippen molar-refractivity contribution in [2.45, 2.75) is 44.7 Å². The van der Waals surface area contributed by atoms with E-state index in [2.05, 4.69) is 16.0 Å². The van der Waals surface area contributed by atoms with Crippen molar-refractivity contribution in [3.05, 3.63) is 24.0 Å². The molecule has 1 aromatic heterocycles. The molecule has 3 N–H and O–H groups in total. The fraction of sp³-hybridized carbons (Fsp3) is 0.643. The summed E-state index contributed by atoms with van der Waals surface area (Å²) in [7, 11) is 0. The fourth-order valence-corrected chi connectivity index (χ4v) is 2.64. The third-order valence-electron chi connectivity index (χ3n) is 3.64. The Morgan fingerprint density at radius 2 is 2.39 bits per heavy atom. The molecule has 100 valence electrons. The summed E-state index contributed by atoms with van der Waals surface area (Å²) in [5, 5.41) is 8.94. The number of nitrogens with two attached hydrogens (primary N) is 1. The normalized spacial score (nSPS) is 21.3. The Morgan fingerprint density at radius 3 is 3.00 bits per heavy atom. The third-order valence-corrected chi connectivity index (χ3v) is 3.64. The summed E-state index contributed by atoms with van der Waals surface area (Å²) in [6.07, 6.45) is 6.31. The van der Waals surface area contributed by atoms with Crippen molar-refractivity contribution < 1.29 is 5.11 Å². The molecule has 1 aliphatic rings. The fourth-order valence-electron chi connectivity index (χ4n) is 2.64. The van der Waals surface area contributed by atoms with E-state index in [0.29, 0.717) is 6.04 Å². The van der Waals surface area contributed by atoms with Gasteiger partial charge in [-0.2, -0.15) is 0 Å². The van der Waals surface area contributed by atoms with Crippen LogP contribution in [-0.4, -0.2) is 29.3 Å². The molecule has 0 aromatic carbocycles. The SMILES string of the molecule is C[C@H](N)c1ccc(N2CCCC2CCCO)cn1. The quantitative estimate of drug-likeness (QED) is 0.836. The molecule has 1 unspecified atom stereocenters. The summed E-state index contributed by atoms with van der Waals surface area (Å²) in [6.45, 7) is 3.32. The van der Waals surface area contributed by atoms with Crippen LogP contribution in [0.25, 0.3) is 0 Å². The molecule has 0 bridgehead atoms. The Hall–Kier alpha value is -1.13. The number of anilines is 1. The summed E-state index contributed by atoms with van der Waals surface area (Å²) in [5.74, 6) is 0. The summed E-state index contributed by atoms with van der Waals surface area (Å²) in [6, 6.07) is 4.67. The molecule has 18 heavy (non-hydrogen) atoms. The number of aromatic nitrogens is 1. The van der Waals surface area contributed by atoms with Gasteiger partial charge in [0.15, 0.2) is 0 Å². The molecule has 0 spiro atoms. The molecule has 0 saturated carbocycles. The van der Waals surface area contributed by atoms with E-state index in [1.54, 1.807) is 0 Å². The number of nitrogens with zero attached hydrogens (tertiary/aromatic N) is 2. The van der Waals surface area contributed by atoms with E-state index in [4.69, 9.17) is 10.8 Å². The molecule has 4 nitrogen and oxygen atoms in total. The number of hydrogen-bond donors (Lipinski definition) is 2. The van der Waals surface area contributed by atoms with E-state index < -0.39 is 0 Å². The molecular formula is C14H23N3O. The average molecular weight is 249 g/mol. The second kappa shape index (κ2) is 6.16. The molecule has 0 amide bonds. The van der Waals surface area contributed by atoms with Gasteiger partial charge in [0.05, 0.1) is 17.6 Å². The molecule has 1 aromatic rings. The molecule has 1 aliphatic heterocycles. The standard InChI is InChI=1S/C14H23N3O/c1-11(15)14-7-6-13(10-16-14)17-8-2-4-12(17)5-3-9-18/h6-7,10-12,18H,2-5,8-9,15H2,1H3/t11-,12?/m0/s1. The van der Waals surface area contributed by atoms with Crippen LogP contribution in [0.4, 0.5) is 5.69 Å². The highest BCUT2D eigenvalue weighted by atomic mass is 16.2. The first-order valence-corrected chi connectivity index (χ1v) is 6.81. The molecule has 4 heteroatoms. The largest absolute Gasteiger partial charge is 0.396 e. The Morgan fingerprint density at radius 1 is 1.56 bits per heavy atom. The van der Waals surface area contributed by atoms with Crippen molar-refractivity contribution in [3.8, 4) is 0 Å². The highest BCUT2D eigenvalue weighted by Crippen LogP contribution is 2.27. The van der Waals surface area contributed by atoms with Crippen molar-refractivity contribution in [2.75, 3.05) is 18.1 Å². The number of aliphatic hydroxyl groups excluding tert-OH is 1. The molecule has 2 atom stereocenters. The van der Waals surface area contributed by atoms with Gasteiger partial charge in [0.2, 0.25) is 0 Å². The van der Waals surface area contributed by atoms with Gasteiger partial charge < -0.3 is 15.7 Å². The number of rotatable bonds is 5. The van der Waals surface area contributed by atoms with Crippen LogP contribution < -0.4 is 10.6 Å². The molecule has 2 rings (SSSR count). The van der Waals surface area contributed by atoms with Gasteiger partial charge in [-0.1, -0.05) is 0 Å². The highest BCUT2D eigenvalue weighted by molar-refractivity contribution is 5.47. The lowest BCUT2D eigenvalue weighted by molar-refractivity contribution is 0.279. The van der Waals surface area contributed by atoms with Crippen molar-refractivity contribution in [1.29, 1.82) is 0 Å². The van der Waals surface area contributed by atoms with Crippen molar-refractivity contribution in [3.63, 3.8) is 0 Å². The van der Waals surface area contributed by atoms with Crippen LogP contribution in [0.1, 0.15) is 44.3 Å². The minimum Gasteiger partial charge on any atom is -0.396 e. The van der Waals surface area contributed by atoms with Crippen LogP contribution in [0.5, 0.6) is 0 Å². The van der Waals surface area contributed by atoms with Gasteiger partial charge in [-0.3, -0.25) is 4.98 Å². The topological polar surface area (TPSA) is 62.4 Å². The third kappa shape index (κ3) is 3.00. The Balaban J connectivity index is 2.05. The van der Waals surface area contributed by atoms with Crippen molar-refractivity contribution in [2.24, 2.45) is 5.73 Å². The molecule has 1 saturated heterocycles. The molecule has 0 aliphatic carbocycles.